The maximum atomic E-state index is 12.8. The third-order valence-electron chi connectivity index (χ3n) is 4.17. The molecule has 0 radical (unpaired) electrons. The maximum absolute atomic E-state index is 12.8. The van der Waals surface area contributed by atoms with Crippen LogP contribution in [0.1, 0.15) is 20.8 Å². The van der Waals surface area contributed by atoms with Crippen molar-refractivity contribution in [1.82, 2.24) is 4.72 Å². The van der Waals surface area contributed by atoms with Crippen LogP contribution in [0.15, 0.2) is 46.2 Å². The number of hydrogen-bond donors (Lipinski definition) is 2. The third kappa shape index (κ3) is 6.52. The van der Waals surface area contributed by atoms with Crippen LogP contribution in [0.3, 0.4) is 0 Å². The first-order valence-corrected chi connectivity index (χ1v) is 11.9. The fraction of sp³-hybridized carbons (Fsp3) is 0.381. The summed E-state index contributed by atoms with van der Waals surface area (Å²) in [6.45, 7) is 5.22. The van der Waals surface area contributed by atoms with E-state index in [1.54, 1.807) is 47.1 Å². The molecule has 2 N–H and O–H groups in total. The summed E-state index contributed by atoms with van der Waals surface area (Å²) in [4.78, 5) is 13.7. The highest BCUT2D eigenvalue weighted by Gasteiger charge is 2.21. The van der Waals surface area contributed by atoms with E-state index in [4.69, 9.17) is 14.2 Å². The Morgan fingerprint density at radius 2 is 1.52 bits per heavy atom. The van der Waals surface area contributed by atoms with E-state index in [0.29, 0.717) is 17.2 Å². The minimum Gasteiger partial charge on any atom is -0.495 e. The zero-order valence-electron chi connectivity index (χ0n) is 18.4. The summed E-state index contributed by atoms with van der Waals surface area (Å²) in [6, 6.07) is 9.46. The normalized spacial score (nSPS) is 12.4. The average molecular weight is 469 g/mol. The molecule has 0 heterocycles. The SMILES string of the molecule is COc1ccc(S(=O)(=O)NC(C)C)cc1NC(=O)C(C)Sc1ccc(OC)c(OC)c1. The number of sulfonamides is 1. The van der Waals surface area contributed by atoms with E-state index in [1.807, 2.05) is 6.07 Å². The standard InChI is InChI=1S/C21H28N2O6S2/c1-13(2)23-31(25,26)16-8-10-18(27-4)17(12-16)22-21(24)14(3)30-15-7-9-19(28-5)20(11-15)29-6/h7-14,23H,1-6H3,(H,22,24). The molecule has 170 valence electrons. The number of hydrogen-bond acceptors (Lipinski definition) is 7. The zero-order chi connectivity index (χ0) is 23.2. The topological polar surface area (TPSA) is 103 Å². The molecule has 1 amide bonds. The maximum Gasteiger partial charge on any atom is 0.240 e. The first-order chi connectivity index (χ1) is 14.6. The van der Waals surface area contributed by atoms with E-state index >= 15 is 0 Å². The van der Waals surface area contributed by atoms with Gasteiger partial charge in [-0.25, -0.2) is 13.1 Å². The van der Waals surface area contributed by atoms with Gasteiger partial charge in [0.1, 0.15) is 5.75 Å². The molecule has 0 spiro atoms. The molecule has 8 nitrogen and oxygen atoms in total. The number of thioether (sulfide) groups is 1. The number of rotatable bonds is 10. The van der Waals surface area contributed by atoms with Gasteiger partial charge < -0.3 is 19.5 Å². The molecular formula is C21H28N2O6S2. The minimum atomic E-state index is -3.71. The van der Waals surface area contributed by atoms with Crippen molar-refractivity contribution in [3.63, 3.8) is 0 Å². The lowest BCUT2D eigenvalue weighted by atomic mass is 10.3. The molecule has 0 aliphatic rings. The van der Waals surface area contributed by atoms with Gasteiger partial charge in [-0.2, -0.15) is 0 Å². The van der Waals surface area contributed by atoms with Gasteiger partial charge in [-0.3, -0.25) is 4.79 Å². The Kier molecular flexibility index (Phi) is 8.60. The molecule has 1 atom stereocenters. The zero-order valence-corrected chi connectivity index (χ0v) is 20.0. The Morgan fingerprint density at radius 1 is 0.903 bits per heavy atom. The first kappa shape index (κ1) is 24.8. The van der Waals surface area contributed by atoms with Crippen LogP contribution in [0.4, 0.5) is 5.69 Å². The van der Waals surface area contributed by atoms with Crippen LogP contribution in [0.2, 0.25) is 0 Å². The van der Waals surface area contributed by atoms with Gasteiger partial charge in [0.05, 0.1) is 37.2 Å². The molecule has 0 bridgehead atoms. The number of carbonyl (C=O) groups is 1. The van der Waals surface area contributed by atoms with Crippen molar-refractivity contribution in [2.24, 2.45) is 0 Å². The smallest absolute Gasteiger partial charge is 0.240 e. The summed E-state index contributed by atoms with van der Waals surface area (Å²) in [6.07, 6.45) is 0. The second kappa shape index (κ2) is 10.7. The summed E-state index contributed by atoms with van der Waals surface area (Å²) in [5, 5.41) is 2.29. The summed E-state index contributed by atoms with van der Waals surface area (Å²) in [5.41, 5.74) is 0.277. The van der Waals surface area contributed by atoms with Crippen molar-refractivity contribution in [2.45, 2.75) is 41.9 Å². The minimum absolute atomic E-state index is 0.0393. The van der Waals surface area contributed by atoms with Gasteiger partial charge in [-0.1, -0.05) is 0 Å². The molecular weight excluding hydrogens is 440 g/mol. The fourth-order valence-electron chi connectivity index (χ4n) is 2.71. The number of methoxy groups -OCH3 is 3. The van der Waals surface area contributed by atoms with Crippen molar-refractivity contribution < 1.29 is 27.4 Å². The van der Waals surface area contributed by atoms with Crippen LogP contribution in [-0.2, 0) is 14.8 Å². The summed E-state index contributed by atoms with van der Waals surface area (Å²) < 4.78 is 43.3. The first-order valence-electron chi connectivity index (χ1n) is 9.51. The number of carbonyl (C=O) groups excluding carboxylic acids is 1. The molecule has 0 saturated heterocycles. The molecule has 2 rings (SSSR count). The Balaban J connectivity index is 2.21. The highest BCUT2D eigenvalue weighted by Crippen LogP contribution is 2.34. The lowest BCUT2D eigenvalue weighted by Gasteiger charge is -2.16. The van der Waals surface area contributed by atoms with Crippen molar-refractivity contribution >= 4 is 33.4 Å². The lowest BCUT2D eigenvalue weighted by molar-refractivity contribution is -0.115. The van der Waals surface area contributed by atoms with E-state index in [-0.39, 0.29) is 22.5 Å². The van der Waals surface area contributed by atoms with E-state index in [0.717, 1.165) is 4.90 Å². The second-order valence-corrected chi connectivity index (χ2v) is 10.0. The predicted octanol–water partition coefficient (Wildman–Crippen LogP) is 3.52. The van der Waals surface area contributed by atoms with Crippen molar-refractivity contribution in [2.75, 3.05) is 26.6 Å². The van der Waals surface area contributed by atoms with Gasteiger partial charge in [-0.15, -0.1) is 11.8 Å². The number of nitrogens with one attached hydrogen (secondary N) is 2. The van der Waals surface area contributed by atoms with E-state index in [1.165, 1.54) is 37.1 Å². The second-order valence-electron chi connectivity index (χ2n) is 6.90. The quantitative estimate of drug-likeness (QED) is 0.514. The molecule has 2 aromatic rings. The predicted molar refractivity (Wildman–Crippen MR) is 122 cm³/mol. The molecule has 0 aromatic heterocycles. The molecule has 0 saturated carbocycles. The van der Waals surface area contributed by atoms with Gasteiger partial charge in [-0.05, 0) is 57.2 Å². The van der Waals surface area contributed by atoms with Gasteiger partial charge in [0.15, 0.2) is 11.5 Å². The Labute approximate surface area is 187 Å². The average Bonchev–Trinajstić information content (AvgIpc) is 2.72. The lowest BCUT2D eigenvalue weighted by Crippen LogP contribution is -2.30. The highest BCUT2D eigenvalue weighted by atomic mass is 32.2. The number of amides is 1. The van der Waals surface area contributed by atoms with Gasteiger partial charge in [0.25, 0.3) is 0 Å². The molecule has 0 aliphatic heterocycles. The molecule has 2 aromatic carbocycles. The molecule has 0 fully saturated rings. The molecule has 10 heteroatoms. The monoisotopic (exact) mass is 468 g/mol. The van der Waals surface area contributed by atoms with Crippen LogP contribution in [0.5, 0.6) is 17.2 Å². The summed E-state index contributed by atoms with van der Waals surface area (Å²) in [5.74, 6) is 1.23. The molecule has 31 heavy (non-hydrogen) atoms. The van der Waals surface area contributed by atoms with E-state index in [9.17, 15) is 13.2 Å². The Bertz CT molecular complexity index is 1020. The summed E-state index contributed by atoms with van der Waals surface area (Å²) in [7, 11) is 0.838. The molecule has 0 aliphatic carbocycles. The highest BCUT2D eigenvalue weighted by molar-refractivity contribution is 8.00. The van der Waals surface area contributed by atoms with Crippen LogP contribution < -0.4 is 24.2 Å². The van der Waals surface area contributed by atoms with Gasteiger partial charge in [0, 0.05) is 10.9 Å². The molecule has 1 unspecified atom stereocenters. The Hall–Kier alpha value is -2.43. The van der Waals surface area contributed by atoms with Crippen LogP contribution >= 0.6 is 11.8 Å². The van der Waals surface area contributed by atoms with Crippen molar-refractivity contribution in [3.05, 3.63) is 36.4 Å². The van der Waals surface area contributed by atoms with Crippen LogP contribution in [0, 0.1) is 0 Å². The van der Waals surface area contributed by atoms with Crippen LogP contribution in [0.25, 0.3) is 0 Å². The fourth-order valence-corrected chi connectivity index (χ4v) is 4.88. The van der Waals surface area contributed by atoms with E-state index < -0.39 is 15.3 Å². The summed E-state index contributed by atoms with van der Waals surface area (Å²) >= 11 is 1.33. The number of benzene rings is 2. The number of anilines is 1. The number of ether oxygens (including phenoxy) is 3. The third-order valence-corrected chi connectivity index (χ3v) is 6.92. The largest absolute Gasteiger partial charge is 0.495 e. The van der Waals surface area contributed by atoms with Crippen molar-refractivity contribution in [1.29, 1.82) is 0 Å². The Morgan fingerprint density at radius 3 is 2.10 bits per heavy atom. The van der Waals surface area contributed by atoms with Crippen molar-refractivity contribution in [3.8, 4) is 17.2 Å². The van der Waals surface area contributed by atoms with E-state index in [2.05, 4.69) is 10.0 Å². The van der Waals surface area contributed by atoms with Gasteiger partial charge >= 0.3 is 0 Å². The van der Waals surface area contributed by atoms with Gasteiger partial charge in [0.2, 0.25) is 15.9 Å². The van der Waals surface area contributed by atoms with Crippen LogP contribution in [-0.4, -0.2) is 46.9 Å².